The molecule has 2 heterocycles. The minimum atomic E-state index is -0.0555. The number of fused-ring (bicyclic) bond motifs is 2. The summed E-state index contributed by atoms with van der Waals surface area (Å²) in [5.41, 5.74) is 1.09. The van der Waals surface area contributed by atoms with Crippen LogP contribution in [-0.4, -0.2) is 75.7 Å². The second-order valence-corrected chi connectivity index (χ2v) is 7.81. The summed E-state index contributed by atoms with van der Waals surface area (Å²) in [6.45, 7) is 6.75. The molecule has 26 heavy (non-hydrogen) atoms. The van der Waals surface area contributed by atoms with E-state index in [-0.39, 0.29) is 17.2 Å². The number of carbonyl (C=O) groups is 1. The van der Waals surface area contributed by atoms with Gasteiger partial charge in [-0.1, -0.05) is 0 Å². The molecule has 1 aromatic rings. The number of nitrogens with one attached hydrogen (secondary N) is 1. The van der Waals surface area contributed by atoms with Gasteiger partial charge in [0, 0.05) is 56.2 Å². The van der Waals surface area contributed by atoms with Gasteiger partial charge in [-0.2, -0.15) is 0 Å². The number of benzene rings is 1. The van der Waals surface area contributed by atoms with E-state index in [1.807, 2.05) is 18.2 Å². The van der Waals surface area contributed by atoms with Gasteiger partial charge in [-0.05, 0) is 38.1 Å². The van der Waals surface area contributed by atoms with E-state index in [0.717, 1.165) is 69.2 Å². The van der Waals surface area contributed by atoms with Gasteiger partial charge in [0.05, 0.1) is 13.7 Å². The second kappa shape index (κ2) is 7.08. The highest BCUT2D eigenvalue weighted by Gasteiger charge is 2.61. The van der Waals surface area contributed by atoms with Gasteiger partial charge in [-0.25, -0.2) is 0 Å². The van der Waals surface area contributed by atoms with E-state index in [1.165, 1.54) is 0 Å². The lowest BCUT2D eigenvalue weighted by atomic mass is 9.87. The SMILES string of the molecule is COc1ccc2c(c1)[C@@]1(CCO2)C[C@@H]1C(=O)NCCN1CCN(C)CC1. The third kappa shape index (κ3) is 3.28. The van der Waals surface area contributed by atoms with Gasteiger partial charge >= 0.3 is 0 Å². The lowest BCUT2D eigenvalue weighted by molar-refractivity contribution is -0.122. The summed E-state index contributed by atoms with van der Waals surface area (Å²) in [5.74, 6) is 1.99. The molecule has 142 valence electrons. The summed E-state index contributed by atoms with van der Waals surface area (Å²) >= 11 is 0. The lowest BCUT2D eigenvalue weighted by Crippen LogP contribution is -2.47. The van der Waals surface area contributed by atoms with E-state index in [1.54, 1.807) is 7.11 Å². The van der Waals surface area contributed by atoms with Crippen molar-refractivity contribution in [2.24, 2.45) is 5.92 Å². The molecule has 1 N–H and O–H groups in total. The average Bonchev–Trinajstić information content (AvgIpc) is 3.38. The Morgan fingerprint density at radius 1 is 1.35 bits per heavy atom. The van der Waals surface area contributed by atoms with Crippen LogP contribution in [0.3, 0.4) is 0 Å². The Bertz CT molecular complexity index is 672. The van der Waals surface area contributed by atoms with Crippen LogP contribution in [-0.2, 0) is 10.2 Å². The molecular formula is C20H29N3O3. The molecule has 1 aliphatic carbocycles. The summed E-state index contributed by atoms with van der Waals surface area (Å²) in [6, 6.07) is 5.94. The zero-order chi connectivity index (χ0) is 18.1. The van der Waals surface area contributed by atoms with Gasteiger partial charge in [0.25, 0.3) is 0 Å². The molecule has 1 aromatic carbocycles. The monoisotopic (exact) mass is 359 g/mol. The van der Waals surface area contributed by atoms with Crippen LogP contribution < -0.4 is 14.8 Å². The third-order valence-electron chi connectivity index (χ3n) is 6.24. The van der Waals surface area contributed by atoms with Gasteiger partial charge < -0.3 is 19.7 Å². The molecule has 1 saturated heterocycles. The number of hydrogen-bond acceptors (Lipinski definition) is 5. The van der Waals surface area contributed by atoms with Crippen molar-refractivity contribution in [1.82, 2.24) is 15.1 Å². The van der Waals surface area contributed by atoms with Crippen molar-refractivity contribution in [3.63, 3.8) is 0 Å². The number of likely N-dealkylation sites (N-methyl/N-ethyl adjacent to an activating group) is 1. The Kier molecular flexibility index (Phi) is 4.80. The van der Waals surface area contributed by atoms with E-state index in [0.29, 0.717) is 6.61 Å². The number of amides is 1. The van der Waals surface area contributed by atoms with Crippen LogP contribution in [0.2, 0.25) is 0 Å². The maximum atomic E-state index is 12.7. The summed E-state index contributed by atoms with van der Waals surface area (Å²) in [6.07, 6.45) is 1.82. The minimum absolute atomic E-state index is 0.0555. The average molecular weight is 359 g/mol. The minimum Gasteiger partial charge on any atom is -0.497 e. The first kappa shape index (κ1) is 17.6. The zero-order valence-corrected chi connectivity index (χ0v) is 15.8. The number of carbonyl (C=O) groups excluding carboxylic acids is 1. The van der Waals surface area contributed by atoms with Crippen molar-refractivity contribution >= 4 is 5.91 Å². The Balaban J connectivity index is 1.34. The van der Waals surface area contributed by atoms with E-state index in [9.17, 15) is 4.79 Å². The molecular weight excluding hydrogens is 330 g/mol. The number of nitrogens with zero attached hydrogens (tertiary/aromatic N) is 2. The molecule has 6 heteroatoms. The Hall–Kier alpha value is -1.79. The summed E-state index contributed by atoms with van der Waals surface area (Å²) < 4.78 is 11.2. The summed E-state index contributed by atoms with van der Waals surface area (Å²) in [7, 11) is 3.83. The van der Waals surface area contributed by atoms with Crippen LogP contribution >= 0.6 is 0 Å². The first-order chi connectivity index (χ1) is 12.6. The number of hydrogen-bond donors (Lipinski definition) is 1. The largest absolute Gasteiger partial charge is 0.497 e. The van der Waals surface area contributed by atoms with Crippen LogP contribution in [0.5, 0.6) is 11.5 Å². The van der Waals surface area contributed by atoms with Gasteiger partial charge in [-0.3, -0.25) is 9.69 Å². The van der Waals surface area contributed by atoms with Crippen LogP contribution in [0.1, 0.15) is 18.4 Å². The normalized spacial score (nSPS) is 28.3. The van der Waals surface area contributed by atoms with E-state index >= 15 is 0 Å². The van der Waals surface area contributed by atoms with Gasteiger partial charge in [0.2, 0.25) is 5.91 Å². The highest BCUT2D eigenvalue weighted by Crippen LogP contribution is 2.61. The fourth-order valence-corrected chi connectivity index (χ4v) is 4.38. The number of piperazine rings is 1. The van der Waals surface area contributed by atoms with Crippen molar-refractivity contribution in [3.8, 4) is 11.5 Å². The zero-order valence-electron chi connectivity index (χ0n) is 15.8. The maximum Gasteiger partial charge on any atom is 0.224 e. The first-order valence-corrected chi connectivity index (χ1v) is 9.62. The Labute approximate surface area is 155 Å². The van der Waals surface area contributed by atoms with Crippen molar-refractivity contribution in [2.45, 2.75) is 18.3 Å². The van der Waals surface area contributed by atoms with Crippen molar-refractivity contribution in [3.05, 3.63) is 23.8 Å². The van der Waals surface area contributed by atoms with Crippen molar-refractivity contribution in [1.29, 1.82) is 0 Å². The molecule has 6 nitrogen and oxygen atoms in total. The maximum absolute atomic E-state index is 12.7. The van der Waals surface area contributed by atoms with Crippen LogP contribution in [0.25, 0.3) is 0 Å². The summed E-state index contributed by atoms with van der Waals surface area (Å²) in [5, 5.41) is 3.17. The molecule has 3 aliphatic rings. The molecule has 4 rings (SSSR count). The molecule has 1 saturated carbocycles. The standard InChI is InChI=1S/C20H29N3O3/c1-22-8-10-23(11-9-22)7-6-21-19(24)17-14-20(17)5-12-26-18-4-3-15(25-2)13-16(18)20/h3-4,13,17H,5-12,14H2,1-2H3,(H,21,24)/t17-,20-/m1/s1. The predicted molar refractivity (Wildman–Crippen MR) is 99.8 cm³/mol. The molecule has 0 radical (unpaired) electrons. The van der Waals surface area contributed by atoms with Crippen LogP contribution in [0.15, 0.2) is 18.2 Å². The van der Waals surface area contributed by atoms with Crippen molar-refractivity contribution < 1.29 is 14.3 Å². The predicted octanol–water partition coefficient (Wildman–Crippen LogP) is 1.10. The second-order valence-electron chi connectivity index (χ2n) is 7.81. The first-order valence-electron chi connectivity index (χ1n) is 9.62. The fraction of sp³-hybridized carbons (Fsp3) is 0.650. The molecule has 1 spiro atoms. The van der Waals surface area contributed by atoms with Crippen LogP contribution in [0, 0.1) is 5.92 Å². The molecule has 0 unspecified atom stereocenters. The van der Waals surface area contributed by atoms with Crippen LogP contribution in [0.4, 0.5) is 0 Å². The van der Waals surface area contributed by atoms with Crippen molar-refractivity contribution in [2.75, 3.05) is 60.0 Å². The fourth-order valence-electron chi connectivity index (χ4n) is 4.38. The van der Waals surface area contributed by atoms with Gasteiger partial charge in [0.1, 0.15) is 11.5 Å². The van der Waals surface area contributed by atoms with Gasteiger partial charge in [0.15, 0.2) is 0 Å². The number of methoxy groups -OCH3 is 1. The van der Waals surface area contributed by atoms with E-state index in [2.05, 4.69) is 22.2 Å². The highest BCUT2D eigenvalue weighted by atomic mass is 16.5. The lowest BCUT2D eigenvalue weighted by Gasteiger charge is -2.32. The smallest absolute Gasteiger partial charge is 0.224 e. The number of ether oxygens (including phenoxy) is 2. The molecule has 1 amide bonds. The van der Waals surface area contributed by atoms with E-state index < -0.39 is 0 Å². The van der Waals surface area contributed by atoms with Gasteiger partial charge in [-0.15, -0.1) is 0 Å². The molecule has 2 fully saturated rings. The molecule has 0 bridgehead atoms. The Morgan fingerprint density at radius 2 is 2.15 bits per heavy atom. The summed E-state index contributed by atoms with van der Waals surface area (Å²) in [4.78, 5) is 17.5. The molecule has 2 atom stereocenters. The topological polar surface area (TPSA) is 54.0 Å². The highest BCUT2D eigenvalue weighted by molar-refractivity contribution is 5.85. The molecule has 0 aromatic heterocycles. The Morgan fingerprint density at radius 3 is 2.92 bits per heavy atom. The third-order valence-corrected chi connectivity index (χ3v) is 6.24. The quantitative estimate of drug-likeness (QED) is 0.853. The molecule has 2 aliphatic heterocycles. The number of rotatable bonds is 5. The van der Waals surface area contributed by atoms with E-state index in [4.69, 9.17) is 9.47 Å².